The van der Waals surface area contributed by atoms with Crippen LogP contribution in [-0.2, 0) is 24.6 Å². The summed E-state index contributed by atoms with van der Waals surface area (Å²) in [5.41, 5.74) is 0.338. The molecule has 0 bridgehead atoms. The molecule has 3 aromatic rings. The molecule has 2 aliphatic heterocycles. The van der Waals surface area contributed by atoms with Crippen molar-refractivity contribution < 1.29 is 36.5 Å². The Hall–Kier alpha value is -2.65. The van der Waals surface area contributed by atoms with Gasteiger partial charge in [-0.05, 0) is 62.4 Å². The molecular formula is C30H37N3O8S2. The number of para-hydroxylation sites is 1. The van der Waals surface area contributed by atoms with Crippen molar-refractivity contribution in [3.05, 3.63) is 60.8 Å². The molecule has 3 N–H and O–H groups in total. The Kier molecular flexibility index (Phi) is 8.26. The van der Waals surface area contributed by atoms with Crippen LogP contribution in [-0.4, -0.2) is 98.3 Å². The number of ether oxygens (including phenoxy) is 2. The number of aliphatic hydroxyl groups excluding tert-OH is 2. The van der Waals surface area contributed by atoms with E-state index in [9.17, 15) is 27.0 Å². The first-order chi connectivity index (χ1) is 20.6. The minimum absolute atomic E-state index is 0.00387. The van der Waals surface area contributed by atoms with E-state index < -0.39 is 42.9 Å². The maximum Gasteiger partial charge on any atom is 0.244 e. The molecule has 1 saturated carbocycles. The van der Waals surface area contributed by atoms with E-state index in [-0.39, 0.29) is 29.0 Å². The lowest BCUT2D eigenvalue weighted by Crippen LogP contribution is -2.47. The van der Waals surface area contributed by atoms with Crippen molar-refractivity contribution in [2.45, 2.75) is 64.4 Å². The molecule has 2 saturated heterocycles. The standard InChI is InChI=1S/C30H37N3O8S2/c34-21-30(8-9-30)42(36,37)26-6-3-5-25(15-26)40-20-24(35)17-31-23-16-29(41-19-23)10-12-33(13-11-29)43(38,39)27-14-22-4-1-2-7-28(22)32-18-27/h1-7,14-15,18,23-24,31,34-35H,8-13,16-17,19-21H2. The molecule has 1 aromatic heterocycles. The fraction of sp³-hybridized carbons (Fsp3) is 0.500. The number of rotatable bonds is 11. The number of hydrogen-bond donors (Lipinski definition) is 3. The fourth-order valence-electron chi connectivity index (χ4n) is 5.99. The number of nitrogens with one attached hydrogen (secondary N) is 1. The number of piperidine rings is 1. The van der Waals surface area contributed by atoms with Crippen LogP contribution < -0.4 is 10.1 Å². The first kappa shape index (κ1) is 30.4. The topological polar surface area (TPSA) is 155 Å². The number of sulfonamides is 1. The molecule has 3 heterocycles. The number of aliphatic hydroxyl groups is 2. The van der Waals surface area contributed by atoms with Crippen LogP contribution in [0.4, 0.5) is 0 Å². The molecule has 11 nitrogen and oxygen atoms in total. The summed E-state index contributed by atoms with van der Waals surface area (Å²) in [6.07, 6.45) is 3.32. The molecule has 13 heteroatoms. The monoisotopic (exact) mass is 631 g/mol. The Morgan fingerprint density at radius 3 is 2.53 bits per heavy atom. The zero-order valence-electron chi connectivity index (χ0n) is 23.8. The number of pyridine rings is 1. The maximum atomic E-state index is 13.3. The molecule has 1 aliphatic carbocycles. The molecular weight excluding hydrogens is 594 g/mol. The SMILES string of the molecule is O=S(=O)(c1cnc2ccccc2c1)N1CCC2(CC1)CC(NCC(O)COc1cccc(S(=O)(=O)C3(CO)CC3)c1)CO2. The fourth-order valence-corrected chi connectivity index (χ4v) is 9.25. The van der Waals surface area contributed by atoms with Crippen molar-refractivity contribution >= 4 is 30.8 Å². The van der Waals surface area contributed by atoms with Gasteiger partial charge < -0.3 is 25.0 Å². The van der Waals surface area contributed by atoms with E-state index in [2.05, 4.69) is 10.3 Å². The molecule has 2 unspecified atom stereocenters. The van der Waals surface area contributed by atoms with E-state index in [0.717, 1.165) is 10.9 Å². The van der Waals surface area contributed by atoms with Gasteiger partial charge in [-0.2, -0.15) is 4.31 Å². The number of benzene rings is 2. The maximum absolute atomic E-state index is 13.3. The van der Waals surface area contributed by atoms with Crippen LogP contribution in [0.25, 0.3) is 10.9 Å². The van der Waals surface area contributed by atoms with Gasteiger partial charge in [-0.1, -0.05) is 24.3 Å². The summed E-state index contributed by atoms with van der Waals surface area (Å²) >= 11 is 0. The van der Waals surface area contributed by atoms with E-state index >= 15 is 0 Å². The Morgan fingerprint density at radius 1 is 1.02 bits per heavy atom. The van der Waals surface area contributed by atoms with Gasteiger partial charge >= 0.3 is 0 Å². The predicted molar refractivity (Wildman–Crippen MR) is 159 cm³/mol. The van der Waals surface area contributed by atoms with E-state index in [1.807, 2.05) is 24.3 Å². The number of fused-ring (bicyclic) bond motifs is 1. The molecule has 43 heavy (non-hydrogen) atoms. The molecule has 1 spiro atoms. The van der Waals surface area contributed by atoms with Crippen LogP contribution in [0, 0.1) is 0 Å². The molecule has 3 fully saturated rings. The highest BCUT2D eigenvalue weighted by molar-refractivity contribution is 7.93. The summed E-state index contributed by atoms with van der Waals surface area (Å²) in [5.74, 6) is 0.332. The Bertz CT molecular complexity index is 1690. The molecule has 232 valence electrons. The molecule has 3 aliphatic rings. The van der Waals surface area contributed by atoms with Crippen molar-refractivity contribution in [1.29, 1.82) is 0 Å². The van der Waals surface area contributed by atoms with Crippen LogP contribution in [0.1, 0.15) is 32.1 Å². The number of aromatic nitrogens is 1. The predicted octanol–water partition coefficient (Wildman–Crippen LogP) is 1.88. The first-order valence-electron chi connectivity index (χ1n) is 14.5. The van der Waals surface area contributed by atoms with Crippen molar-refractivity contribution in [2.24, 2.45) is 0 Å². The van der Waals surface area contributed by atoms with Gasteiger partial charge in [-0.15, -0.1) is 0 Å². The average Bonchev–Trinajstić information content (AvgIpc) is 3.75. The second-order valence-electron chi connectivity index (χ2n) is 11.9. The van der Waals surface area contributed by atoms with Gasteiger partial charge in [0, 0.05) is 37.3 Å². The van der Waals surface area contributed by atoms with Crippen LogP contribution in [0.5, 0.6) is 5.75 Å². The average molecular weight is 632 g/mol. The summed E-state index contributed by atoms with van der Waals surface area (Å²) in [6.45, 7) is 0.986. The van der Waals surface area contributed by atoms with E-state index in [1.54, 1.807) is 18.2 Å². The van der Waals surface area contributed by atoms with E-state index in [1.165, 1.54) is 22.6 Å². The van der Waals surface area contributed by atoms with Crippen molar-refractivity contribution in [3.8, 4) is 5.75 Å². The van der Waals surface area contributed by atoms with Crippen molar-refractivity contribution in [2.75, 3.05) is 39.5 Å². The summed E-state index contributed by atoms with van der Waals surface area (Å²) < 4.78 is 64.7. The van der Waals surface area contributed by atoms with Crippen molar-refractivity contribution in [3.63, 3.8) is 0 Å². The third-order valence-corrected chi connectivity index (χ3v) is 13.3. The lowest BCUT2D eigenvalue weighted by molar-refractivity contribution is -0.0312. The molecule has 6 rings (SSSR count). The van der Waals surface area contributed by atoms with Crippen LogP contribution in [0.15, 0.2) is 70.6 Å². The largest absolute Gasteiger partial charge is 0.491 e. The second kappa shape index (κ2) is 11.7. The Balaban J connectivity index is 0.971. The third kappa shape index (κ3) is 6.04. The van der Waals surface area contributed by atoms with Gasteiger partial charge in [-0.3, -0.25) is 4.98 Å². The van der Waals surface area contributed by atoms with Crippen molar-refractivity contribution in [1.82, 2.24) is 14.6 Å². The normalized spacial score (nSPS) is 22.5. The molecule has 0 radical (unpaired) electrons. The highest BCUT2D eigenvalue weighted by Crippen LogP contribution is 2.46. The van der Waals surface area contributed by atoms with E-state index in [0.29, 0.717) is 57.6 Å². The summed E-state index contributed by atoms with van der Waals surface area (Å²) in [4.78, 5) is 4.61. The lowest BCUT2D eigenvalue weighted by Gasteiger charge is -2.38. The van der Waals surface area contributed by atoms with Crippen LogP contribution in [0.2, 0.25) is 0 Å². The second-order valence-corrected chi connectivity index (χ2v) is 16.1. The Morgan fingerprint density at radius 2 is 1.79 bits per heavy atom. The smallest absolute Gasteiger partial charge is 0.244 e. The number of nitrogens with zero attached hydrogens (tertiary/aromatic N) is 2. The molecule has 2 atom stereocenters. The summed E-state index contributed by atoms with van der Waals surface area (Å²) in [6, 6.07) is 15.2. The number of hydrogen-bond acceptors (Lipinski definition) is 10. The highest BCUT2D eigenvalue weighted by Gasteiger charge is 2.54. The van der Waals surface area contributed by atoms with Gasteiger partial charge in [0.15, 0.2) is 9.84 Å². The lowest BCUT2D eigenvalue weighted by atomic mass is 9.88. The molecule has 2 aromatic carbocycles. The van der Waals surface area contributed by atoms with Gasteiger partial charge in [0.25, 0.3) is 0 Å². The van der Waals surface area contributed by atoms with Gasteiger partial charge in [-0.25, -0.2) is 16.8 Å². The van der Waals surface area contributed by atoms with Gasteiger partial charge in [0.2, 0.25) is 10.0 Å². The molecule has 0 amide bonds. The highest BCUT2D eigenvalue weighted by atomic mass is 32.2. The number of sulfone groups is 1. The summed E-state index contributed by atoms with van der Waals surface area (Å²) in [7, 11) is -7.34. The zero-order chi connectivity index (χ0) is 30.3. The minimum Gasteiger partial charge on any atom is -0.491 e. The Labute approximate surface area is 251 Å². The first-order valence-corrected chi connectivity index (χ1v) is 17.5. The van der Waals surface area contributed by atoms with E-state index in [4.69, 9.17) is 9.47 Å². The van der Waals surface area contributed by atoms with Gasteiger partial charge in [0.05, 0.1) is 34.0 Å². The third-order valence-electron chi connectivity index (χ3n) is 8.91. The zero-order valence-corrected chi connectivity index (χ0v) is 25.4. The minimum atomic E-state index is -3.67. The quantitative estimate of drug-likeness (QED) is 0.286. The van der Waals surface area contributed by atoms with Crippen LogP contribution in [0.3, 0.4) is 0 Å². The van der Waals surface area contributed by atoms with Gasteiger partial charge in [0.1, 0.15) is 23.4 Å². The van der Waals surface area contributed by atoms with Crippen LogP contribution >= 0.6 is 0 Å². The summed E-state index contributed by atoms with van der Waals surface area (Å²) in [5, 5.41) is 24.2.